The van der Waals surface area contributed by atoms with Gasteiger partial charge in [0.1, 0.15) is 0 Å². The van der Waals surface area contributed by atoms with Crippen LogP contribution in [-0.2, 0) is 9.59 Å². The summed E-state index contributed by atoms with van der Waals surface area (Å²) in [5.41, 5.74) is 5.25. The zero-order valence-electron chi connectivity index (χ0n) is 10.4. The van der Waals surface area contributed by atoms with E-state index in [1.54, 1.807) is 0 Å². The van der Waals surface area contributed by atoms with E-state index in [-0.39, 0.29) is 30.3 Å². The van der Waals surface area contributed by atoms with E-state index in [9.17, 15) is 9.59 Å². The molecule has 0 aromatic carbocycles. The van der Waals surface area contributed by atoms with Crippen LogP contribution in [-0.4, -0.2) is 30.9 Å². The molecule has 0 aromatic heterocycles. The topological polar surface area (TPSA) is 108 Å². The number of primary amides is 1. The van der Waals surface area contributed by atoms with Crippen LogP contribution in [0.2, 0.25) is 0 Å². The van der Waals surface area contributed by atoms with Crippen LogP contribution in [0.25, 0.3) is 0 Å². The molecule has 0 aliphatic heterocycles. The van der Waals surface area contributed by atoms with Gasteiger partial charge in [-0.1, -0.05) is 0 Å². The van der Waals surface area contributed by atoms with Crippen molar-refractivity contribution in [3.63, 3.8) is 0 Å². The van der Waals surface area contributed by atoms with Crippen LogP contribution in [0.15, 0.2) is 0 Å². The van der Waals surface area contributed by atoms with Gasteiger partial charge < -0.3 is 16.4 Å². The molecule has 1 saturated carbocycles. The summed E-state index contributed by atoms with van der Waals surface area (Å²) in [5.74, 6) is -0.322. The maximum absolute atomic E-state index is 11.4. The zero-order chi connectivity index (χ0) is 13.4. The lowest BCUT2D eigenvalue weighted by Crippen LogP contribution is -2.42. The van der Waals surface area contributed by atoms with Gasteiger partial charge in [0, 0.05) is 18.5 Å². The van der Waals surface area contributed by atoms with Crippen LogP contribution in [0.1, 0.15) is 32.1 Å². The SMILES string of the molecule is N#CCCNC(=O)CNC1CCC(C(N)=O)CC1. The van der Waals surface area contributed by atoms with Crippen molar-refractivity contribution in [1.82, 2.24) is 10.6 Å². The molecular weight excluding hydrogens is 232 g/mol. The van der Waals surface area contributed by atoms with Crippen molar-refractivity contribution in [3.8, 4) is 6.07 Å². The van der Waals surface area contributed by atoms with Gasteiger partial charge in [-0.05, 0) is 25.7 Å². The summed E-state index contributed by atoms with van der Waals surface area (Å²) in [5, 5.41) is 14.1. The van der Waals surface area contributed by atoms with Crippen molar-refractivity contribution in [2.24, 2.45) is 11.7 Å². The summed E-state index contributed by atoms with van der Waals surface area (Å²) < 4.78 is 0. The van der Waals surface area contributed by atoms with Gasteiger partial charge in [0.05, 0.1) is 19.0 Å². The molecule has 18 heavy (non-hydrogen) atoms. The Hall–Kier alpha value is -1.61. The minimum atomic E-state index is -0.220. The minimum absolute atomic E-state index is 0.00694. The molecular formula is C12H20N4O2. The zero-order valence-corrected chi connectivity index (χ0v) is 10.4. The van der Waals surface area contributed by atoms with Gasteiger partial charge in [-0.15, -0.1) is 0 Å². The van der Waals surface area contributed by atoms with E-state index in [1.165, 1.54) is 0 Å². The number of rotatable bonds is 6. The summed E-state index contributed by atoms with van der Waals surface area (Å²) in [4.78, 5) is 22.4. The quantitative estimate of drug-likeness (QED) is 0.561. The third kappa shape index (κ3) is 5.15. The maximum atomic E-state index is 11.4. The Labute approximate surface area is 107 Å². The Bertz CT molecular complexity index is 329. The highest BCUT2D eigenvalue weighted by atomic mass is 16.2. The van der Waals surface area contributed by atoms with Crippen LogP contribution in [0.4, 0.5) is 0 Å². The van der Waals surface area contributed by atoms with Gasteiger partial charge in [0.2, 0.25) is 11.8 Å². The van der Waals surface area contributed by atoms with E-state index in [2.05, 4.69) is 10.6 Å². The van der Waals surface area contributed by atoms with Crippen molar-refractivity contribution in [2.75, 3.05) is 13.1 Å². The Kier molecular flexibility index (Phi) is 6.15. The van der Waals surface area contributed by atoms with Gasteiger partial charge in [-0.25, -0.2) is 0 Å². The molecule has 6 nitrogen and oxygen atoms in total. The molecule has 2 amide bonds. The second kappa shape index (κ2) is 7.67. The molecule has 0 radical (unpaired) electrons. The van der Waals surface area contributed by atoms with Gasteiger partial charge in [-0.2, -0.15) is 5.26 Å². The molecule has 6 heteroatoms. The van der Waals surface area contributed by atoms with E-state index < -0.39 is 0 Å². The molecule has 0 saturated heterocycles. The van der Waals surface area contributed by atoms with E-state index >= 15 is 0 Å². The first-order chi connectivity index (χ1) is 8.63. The van der Waals surface area contributed by atoms with Crippen molar-refractivity contribution in [3.05, 3.63) is 0 Å². The average molecular weight is 252 g/mol. The van der Waals surface area contributed by atoms with Crippen LogP contribution < -0.4 is 16.4 Å². The fraction of sp³-hybridized carbons (Fsp3) is 0.750. The molecule has 0 aromatic rings. The summed E-state index contributed by atoms with van der Waals surface area (Å²) in [6.07, 6.45) is 3.67. The van der Waals surface area contributed by atoms with Crippen LogP contribution in [0.5, 0.6) is 0 Å². The molecule has 0 atom stereocenters. The average Bonchev–Trinajstić information content (AvgIpc) is 2.37. The number of carbonyl (C=O) groups is 2. The number of carbonyl (C=O) groups excluding carboxylic acids is 2. The highest BCUT2D eigenvalue weighted by Crippen LogP contribution is 2.23. The molecule has 1 rings (SSSR count). The number of nitriles is 1. The number of hydrogen-bond donors (Lipinski definition) is 3. The Morgan fingerprint density at radius 2 is 1.94 bits per heavy atom. The fourth-order valence-electron chi connectivity index (χ4n) is 2.14. The first-order valence-electron chi connectivity index (χ1n) is 6.30. The van der Waals surface area contributed by atoms with Gasteiger partial charge in [-0.3, -0.25) is 9.59 Å². The summed E-state index contributed by atoms with van der Waals surface area (Å²) >= 11 is 0. The third-order valence-corrected chi connectivity index (χ3v) is 3.24. The second-order valence-corrected chi connectivity index (χ2v) is 4.59. The highest BCUT2D eigenvalue weighted by molar-refractivity contribution is 5.78. The first kappa shape index (κ1) is 14.5. The number of hydrogen-bond acceptors (Lipinski definition) is 4. The third-order valence-electron chi connectivity index (χ3n) is 3.24. The normalized spacial score (nSPS) is 23.1. The molecule has 100 valence electrons. The van der Waals surface area contributed by atoms with E-state index in [1.807, 2.05) is 6.07 Å². The molecule has 0 bridgehead atoms. The van der Waals surface area contributed by atoms with Crippen molar-refractivity contribution >= 4 is 11.8 Å². The lowest BCUT2D eigenvalue weighted by molar-refractivity contribution is -0.123. The fourth-order valence-corrected chi connectivity index (χ4v) is 2.14. The molecule has 1 aliphatic rings. The Balaban J connectivity index is 2.12. The Morgan fingerprint density at radius 3 is 2.50 bits per heavy atom. The molecule has 0 spiro atoms. The highest BCUT2D eigenvalue weighted by Gasteiger charge is 2.24. The van der Waals surface area contributed by atoms with E-state index in [4.69, 9.17) is 11.0 Å². The van der Waals surface area contributed by atoms with Crippen molar-refractivity contribution in [2.45, 2.75) is 38.1 Å². The Morgan fingerprint density at radius 1 is 1.28 bits per heavy atom. The lowest BCUT2D eigenvalue weighted by atomic mass is 9.85. The predicted octanol–water partition coefficient (Wildman–Crippen LogP) is -0.350. The van der Waals surface area contributed by atoms with Crippen LogP contribution in [0, 0.1) is 17.2 Å². The second-order valence-electron chi connectivity index (χ2n) is 4.59. The van der Waals surface area contributed by atoms with Crippen LogP contribution >= 0.6 is 0 Å². The minimum Gasteiger partial charge on any atom is -0.369 e. The van der Waals surface area contributed by atoms with Gasteiger partial charge in [0.15, 0.2) is 0 Å². The smallest absolute Gasteiger partial charge is 0.233 e. The maximum Gasteiger partial charge on any atom is 0.233 e. The first-order valence-corrected chi connectivity index (χ1v) is 6.30. The van der Waals surface area contributed by atoms with Crippen LogP contribution in [0.3, 0.4) is 0 Å². The van der Waals surface area contributed by atoms with Gasteiger partial charge >= 0.3 is 0 Å². The molecule has 1 aliphatic carbocycles. The van der Waals surface area contributed by atoms with E-state index in [0.717, 1.165) is 25.7 Å². The summed E-state index contributed by atoms with van der Waals surface area (Å²) in [6.45, 7) is 0.656. The predicted molar refractivity (Wildman–Crippen MR) is 66.2 cm³/mol. The number of nitrogens with one attached hydrogen (secondary N) is 2. The lowest BCUT2D eigenvalue weighted by Gasteiger charge is -2.27. The number of amides is 2. The molecule has 1 fully saturated rings. The summed E-state index contributed by atoms with van der Waals surface area (Å²) in [6, 6.07) is 2.24. The van der Waals surface area contributed by atoms with E-state index in [0.29, 0.717) is 13.0 Å². The van der Waals surface area contributed by atoms with Crippen molar-refractivity contribution < 1.29 is 9.59 Å². The summed E-state index contributed by atoms with van der Waals surface area (Å²) in [7, 11) is 0. The molecule has 0 heterocycles. The molecule has 0 unspecified atom stereocenters. The number of nitrogens with two attached hydrogens (primary N) is 1. The standard InChI is InChI=1S/C12H20N4O2/c13-6-1-7-15-11(17)8-16-10-4-2-9(3-5-10)12(14)18/h9-10,16H,1-5,7-8H2,(H2,14,18)(H,15,17). The largest absolute Gasteiger partial charge is 0.369 e. The monoisotopic (exact) mass is 252 g/mol. The van der Waals surface area contributed by atoms with Gasteiger partial charge in [0.25, 0.3) is 0 Å². The molecule has 4 N–H and O–H groups in total. The number of nitrogens with zero attached hydrogens (tertiary/aromatic N) is 1. The van der Waals surface area contributed by atoms with Crippen molar-refractivity contribution in [1.29, 1.82) is 5.26 Å².